The van der Waals surface area contributed by atoms with Crippen molar-refractivity contribution in [2.45, 2.75) is 48.5 Å². The van der Waals surface area contributed by atoms with Crippen LogP contribution in [0.1, 0.15) is 44.4 Å². The van der Waals surface area contributed by atoms with Gasteiger partial charge in [0.15, 0.2) is 0 Å². The van der Waals surface area contributed by atoms with E-state index in [0.717, 1.165) is 0 Å². The normalized spacial score (nSPS) is 13.5. The molecular formula is C29H38Cl2SiZr-4. The van der Waals surface area contributed by atoms with Crippen molar-refractivity contribution >= 4 is 42.5 Å². The average molecular weight is 577 g/mol. The third kappa shape index (κ3) is 8.74. The Morgan fingerprint density at radius 1 is 0.879 bits per heavy atom. The van der Waals surface area contributed by atoms with Crippen LogP contribution in [0, 0.1) is 47.6 Å². The fourth-order valence-corrected chi connectivity index (χ4v) is 4.10. The number of fused-ring (bicyclic) bond motifs is 1. The number of hydrogen-bond acceptors (Lipinski definition) is 0. The van der Waals surface area contributed by atoms with E-state index in [1.807, 2.05) is 0 Å². The number of benzene rings is 2. The van der Waals surface area contributed by atoms with Gasteiger partial charge >= 0.3 is 30.2 Å². The molecule has 2 radical (unpaired) electrons. The Bertz CT molecular complexity index is 1060. The standard InChI is InChI=1S/C18H17.C9H13.2CH3.2ClH.Si.Zr/c1-12-9-13(2)18-16(10-12)11-14(3)17(18)15-7-5-4-6-8-15;1-6-5-7(2)9(4)8(6)3;;;;;;/h4-11H,1-3H3;6H,1-4H3;2*1H3;2*1H;;/q4*-1;;;;. The van der Waals surface area contributed by atoms with E-state index < -0.39 is 0 Å². The maximum absolute atomic E-state index is 3.36. The number of aryl methyl sites for hydroxylation is 3. The van der Waals surface area contributed by atoms with Crippen LogP contribution in [0.25, 0.3) is 21.9 Å². The van der Waals surface area contributed by atoms with E-state index >= 15 is 0 Å². The zero-order valence-corrected chi connectivity index (χ0v) is 26.6. The summed E-state index contributed by atoms with van der Waals surface area (Å²) in [5.74, 6) is 0.560. The van der Waals surface area contributed by atoms with Crippen LogP contribution < -0.4 is 0 Å². The van der Waals surface area contributed by atoms with Crippen molar-refractivity contribution in [3.8, 4) is 11.1 Å². The minimum absolute atomic E-state index is 0. The van der Waals surface area contributed by atoms with E-state index in [4.69, 9.17) is 0 Å². The summed E-state index contributed by atoms with van der Waals surface area (Å²) in [6.07, 6.45) is 3.36. The van der Waals surface area contributed by atoms with Crippen LogP contribution in [0.2, 0.25) is 0 Å². The van der Waals surface area contributed by atoms with Gasteiger partial charge in [-0.3, -0.25) is 6.08 Å². The first-order valence-electron chi connectivity index (χ1n) is 10.0. The van der Waals surface area contributed by atoms with Crippen molar-refractivity contribution < 1.29 is 23.3 Å². The van der Waals surface area contributed by atoms with Crippen molar-refractivity contribution in [1.82, 2.24) is 0 Å². The average Bonchev–Trinajstić information content (AvgIpc) is 3.15. The summed E-state index contributed by atoms with van der Waals surface area (Å²) in [6, 6.07) is 17.5. The van der Waals surface area contributed by atoms with Gasteiger partial charge in [-0.25, -0.2) is 5.57 Å². The molecular weight excluding hydrogens is 539 g/mol. The Morgan fingerprint density at radius 3 is 1.85 bits per heavy atom. The zero-order chi connectivity index (χ0) is 21.7. The molecule has 0 fully saturated rings. The summed E-state index contributed by atoms with van der Waals surface area (Å²) < 4.78 is 0. The molecule has 1 aliphatic carbocycles. The van der Waals surface area contributed by atoms with Crippen molar-refractivity contribution in [2.75, 3.05) is 0 Å². The van der Waals surface area contributed by atoms with Gasteiger partial charge in [0.25, 0.3) is 0 Å². The van der Waals surface area contributed by atoms with Crippen LogP contribution in [0.15, 0.2) is 65.3 Å². The molecule has 0 nitrogen and oxygen atoms in total. The van der Waals surface area contributed by atoms with E-state index in [1.54, 1.807) is 0 Å². The van der Waals surface area contributed by atoms with Crippen LogP contribution in [0.3, 0.4) is 0 Å². The third-order valence-electron chi connectivity index (χ3n) is 5.83. The van der Waals surface area contributed by atoms with E-state index in [1.165, 1.54) is 78.6 Å². The van der Waals surface area contributed by atoms with Gasteiger partial charge in [-0.05, 0) is 13.8 Å². The number of rotatable bonds is 1. The zero-order valence-electron chi connectivity index (χ0n) is 21.5. The van der Waals surface area contributed by atoms with Gasteiger partial charge in [-0.15, -0.1) is 65.8 Å². The van der Waals surface area contributed by atoms with E-state index in [0.29, 0.717) is 5.92 Å². The quantitative estimate of drug-likeness (QED) is 0.200. The Labute approximate surface area is 232 Å². The SMILES string of the molecule is CC1=[C-]C(C)C(C)=C1C.Cc1cc(C)c2c(-c3ccccc3)c(C)[cH-]c2c1.Cl.Cl.[CH3-].[CH3-].[Si]=[Zr]. The summed E-state index contributed by atoms with van der Waals surface area (Å²) in [5.41, 5.74) is 11.0. The summed E-state index contributed by atoms with van der Waals surface area (Å²) in [6.45, 7) is 18.3. The molecule has 0 saturated heterocycles. The molecule has 1 aliphatic rings. The summed E-state index contributed by atoms with van der Waals surface area (Å²) >= 11 is 1.36. The molecule has 0 heterocycles. The van der Waals surface area contributed by atoms with E-state index in [-0.39, 0.29) is 39.7 Å². The van der Waals surface area contributed by atoms with Gasteiger partial charge in [0.05, 0.1) is 0 Å². The molecule has 0 amide bonds. The maximum atomic E-state index is 3.36. The van der Waals surface area contributed by atoms with Gasteiger partial charge in [0.1, 0.15) is 0 Å². The number of halogens is 2. The summed E-state index contributed by atoms with van der Waals surface area (Å²) in [7, 11) is 0. The molecule has 180 valence electrons. The van der Waals surface area contributed by atoms with Gasteiger partial charge in [-0.2, -0.15) is 11.1 Å². The Hall–Kier alpha value is -0.790. The van der Waals surface area contributed by atoms with Gasteiger partial charge in [-0.1, -0.05) is 86.7 Å². The van der Waals surface area contributed by atoms with Crippen LogP contribution in [0.4, 0.5) is 0 Å². The van der Waals surface area contributed by atoms with Crippen molar-refractivity contribution in [3.63, 3.8) is 0 Å². The van der Waals surface area contributed by atoms with Crippen molar-refractivity contribution in [2.24, 2.45) is 5.92 Å². The first-order valence-corrected chi connectivity index (χ1v) is 14.2. The molecule has 0 saturated carbocycles. The first-order chi connectivity index (χ1) is 13.8. The fourth-order valence-electron chi connectivity index (χ4n) is 4.10. The minimum atomic E-state index is 0. The topological polar surface area (TPSA) is 0 Å². The molecule has 1 atom stereocenters. The van der Waals surface area contributed by atoms with Gasteiger partial charge < -0.3 is 14.9 Å². The predicted molar refractivity (Wildman–Crippen MR) is 152 cm³/mol. The molecule has 0 bridgehead atoms. The van der Waals surface area contributed by atoms with E-state index in [9.17, 15) is 0 Å². The Balaban J connectivity index is -0.000000522. The second-order valence-corrected chi connectivity index (χ2v) is 7.91. The molecule has 1 unspecified atom stereocenters. The number of allylic oxidation sites excluding steroid dienone is 4. The fraction of sp³-hybridized carbons (Fsp3) is 0.276. The molecule has 4 heteroatoms. The Kier molecular flexibility index (Phi) is 18.7. The van der Waals surface area contributed by atoms with E-state index in [2.05, 4.69) is 110 Å². The van der Waals surface area contributed by atoms with Crippen LogP contribution >= 0.6 is 24.8 Å². The molecule has 33 heavy (non-hydrogen) atoms. The monoisotopic (exact) mass is 574 g/mol. The number of hydrogen-bond donors (Lipinski definition) is 0. The molecule has 0 aliphatic heterocycles. The molecule has 0 spiro atoms. The molecule has 3 aromatic rings. The molecule has 4 rings (SSSR count). The van der Waals surface area contributed by atoms with Crippen molar-refractivity contribution in [1.29, 1.82) is 0 Å². The van der Waals surface area contributed by atoms with Crippen LogP contribution in [-0.4, -0.2) is 6.88 Å². The summed E-state index contributed by atoms with van der Waals surface area (Å²) in [5, 5.41) is 2.77. The first kappa shape index (κ1) is 36.8. The molecule has 0 N–H and O–H groups in total. The van der Waals surface area contributed by atoms with Crippen molar-refractivity contribution in [3.05, 3.63) is 103 Å². The second kappa shape index (κ2) is 16.8. The Morgan fingerprint density at radius 2 is 1.42 bits per heavy atom. The second-order valence-electron chi connectivity index (χ2n) is 7.91. The van der Waals surface area contributed by atoms with Crippen LogP contribution in [0.5, 0.6) is 0 Å². The van der Waals surface area contributed by atoms with Gasteiger partial charge in [0.2, 0.25) is 0 Å². The third-order valence-corrected chi connectivity index (χ3v) is 5.83. The predicted octanol–water partition coefficient (Wildman–Crippen LogP) is 9.23. The molecule has 3 aromatic carbocycles. The summed E-state index contributed by atoms with van der Waals surface area (Å²) in [4.78, 5) is 0. The molecule has 0 aromatic heterocycles. The van der Waals surface area contributed by atoms with Crippen LogP contribution in [-0.2, 0) is 23.3 Å². The van der Waals surface area contributed by atoms with Gasteiger partial charge in [0, 0.05) is 0 Å².